The lowest BCUT2D eigenvalue weighted by Gasteiger charge is -2.11. The molecule has 2 aromatic carbocycles. The Bertz CT molecular complexity index is 993. The van der Waals surface area contributed by atoms with Crippen molar-refractivity contribution in [2.24, 2.45) is 16.6 Å². The number of anilines is 1. The second-order valence-corrected chi connectivity index (χ2v) is 8.32. The van der Waals surface area contributed by atoms with Crippen LogP contribution in [0.3, 0.4) is 0 Å². The third kappa shape index (κ3) is 8.01. The Balaban J connectivity index is 0.00000363. The molecule has 172 valence electrons. The molecule has 0 radical (unpaired) electrons. The fourth-order valence-corrected chi connectivity index (χ4v) is 3.61. The molecule has 0 aliphatic carbocycles. The zero-order chi connectivity index (χ0) is 22.1. The van der Waals surface area contributed by atoms with E-state index in [-0.39, 0.29) is 24.0 Å². The number of rotatable bonds is 10. The largest absolute Gasteiger partial charge is 0.457 e. The number of para-hydroxylation sites is 1. The van der Waals surface area contributed by atoms with Crippen LogP contribution in [-0.2, 0) is 13.0 Å². The van der Waals surface area contributed by atoms with Crippen molar-refractivity contribution in [1.82, 2.24) is 14.8 Å². The molecule has 0 aliphatic rings. The number of hydrogen-bond donors (Lipinski definition) is 2. The minimum Gasteiger partial charge on any atom is -0.457 e. The highest BCUT2D eigenvalue weighted by molar-refractivity contribution is 14.0. The Kier molecular flexibility index (Phi) is 10.8. The fraction of sp³-hybridized carbons (Fsp3) is 0.348. The summed E-state index contributed by atoms with van der Waals surface area (Å²) >= 11 is 1.63. The number of halogens is 1. The molecule has 0 spiro atoms. The molecule has 32 heavy (non-hydrogen) atoms. The zero-order valence-corrected chi connectivity index (χ0v) is 21.8. The van der Waals surface area contributed by atoms with Crippen LogP contribution in [0.2, 0.25) is 0 Å². The van der Waals surface area contributed by atoms with Crippen LogP contribution < -0.4 is 15.8 Å². The first-order valence-electron chi connectivity index (χ1n) is 10.4. The van der Waals surface area contributed by atoms with Gasteiger partial charge in [-0.3, -0.25) is 4.99 Å². The third-order valence-corrected chi connectivity index (χ3v) is 5.12. The lowest BCUT2D eigenvalue weighted by molar-refractivity contribution is 0.477. The van der Waals surface area contributed by atoms with E-state index in [1.807, 2.05) is 60.9 Å². The molecule has 0 amide bonds. The van der Waals surface area contributed by atoms with E-state index >= 15 is 0 Å². The van der Waals surface area contributed by atoms with Gasteiger partial charge in [-0.15, -0.1) is 34.2 Å². The van der Waals surface area contributed by atoms with Crippen LogP contribution in [-0.4, -0.2) is 33.5 Å². The maximum atomic E-state index is 6.07. The molecule has 1 heterocycles. The highest BCUT2D eigenvalue weighted by Gasteiger charge is 2.12. The average Bonchev–Trinajstić information content (AvgIpc) is 3.13. The molecule has 0 saturated heterocycles. The standard InChI is InChI=1S/C23H30N6OS.HI/c1-17(2)16-29-21(27-28-23(29)31-3)13-8-14-25-22(24)26-18-9-7-12-20(15-18)30-19-10-5-4-6-11-19;/h4-7,9-12,15,17H,8,13-14,16H2,1-3H3,(H3,24,25,26);1H. The molecule has 3 N–H and O–H groups in total. The Morgan fingerprint density at radius 1 is 1.12 bits per heavy atom. The second kappa shape index (κ2) is 13.3. The van der Waals surface area contributed by atoms with Crippen molar-refractivity contribution in [2.75, 3.05) is 18.1 Å². The number of aromatic nitrogens is 3. The Labute approximate surface area is 211 Å². The first-order valence-corrected chi connectivity index (χ1v) is 11.6. The highest BCUT2D eigenvalue weighted by atomic mass is 127. The van der Waals surface area contributed by atoms with Crippen LogP contribution in [0.4, 0.5) is 5.69 Å². The summed E-state index contributed by atoms with van der Waals surface area (Å²) in [5.74, 6) is 3.45. The predicted molar refractivity (Wildman–Crippen MR) is 143 cm³/mol. The van der Waals surface area contributed by atoms with Crippen LogP contribution >= 0.6 is 35.7 Å². The maximum Gasteiger partial charge on any atom is 0.193 e. The van der Waals surface area contributed by atoms with Crippen LogP contribution in [0, 0.1) is 5.92 Å². The SMILES string of the molecule is CSc1nnc(CCCN=C(N)Nc2cccc(Oc3ccccc3)c2)n1CC(C)C.I. The zero-order valence-electron chi connectivity index (χ0n) is 18.7. The van der Waals surface area contributed by atoms with Crippen molar-refractivity contribution < 1.29 is 4.74 Å². The van der Waals surface area contributed by atoms with Crippen molar-refractivity contribution in [2.45, 2.75) is 38.4 Å². The van der Waals surface area contributed by atoms with Gasteiger partial charge in [-0.1, -0.05) is 49.9 Å². The first kappa shape index (κ1) is 26.0. The summed E-state index contributed by atoms with van der Waals surface area (Å²) in [7, 11) is 0. The molecular weight excluding hydrogens is 535 g/mol. The van der Waals surface area contributed by atoms with Crippen LogP contribution in [0.1, 0.15) is 26.1 Å². The highest BCUT2D eigenvalue weighted by Crippen LogP contribution is 2.23. The number of thioether (sulfide) groups is 1. The number of nitrogens with one attached hydrogen (secondary N) is 1. The molecule has 7 nitrogen and oxygen atoms in total. The van der Waals surface area contributed by atoms with E-state index in [0.717, 1.165) is 47.6 Å². The lowest BCUT2D eigenvalue weighted by atomic mass is 10.2. The average molecular weight is 567 g/mol. The number of aryl methyl sites for hydroxylation is 1. The number of nitrogens with two attached hydrogens (primary N) is 1. The summed E-state index contributed by atoms with van der Waals surface area (Å²) < 4.78 is 8.07. The first-order chi connectivity index (χ1) is 15.0. The normalized spacial score (nSPS) is 11.3. The minimum atomic E-state index is 0. The van der Waals surface area contributed by atoms with Crippen molar-refractivity contribution >= 4 is 47.4 Å². The Morgan fingerprint density at radius 3 is 2.59 bits per heavy atom. The maximum absolute atomic E-state index is 6.07. The molecule has 0 bridgehead atoms. The molecule has 0 unspecified atom stereocenters. The minimum absolute atomic E-state index is 0. The summed E-state index contributed by atoms with van der Waals surface area (Å²) in [5.41, 5.74) is 6.90. The van der Waals surface area contributed by atoms with Gasteiger partial charge in [0.15, 0.2) is 11.1 Å². The van der Waals surface area contributed by atoms with E-state index in [9.17, 15) is 0 Å². The quantitative estimate of drug-likeness (QED) is 0.112. The molecule has 3 aromatic rings. The van der Waals surface area contributed by atoms with Gasteiger partial charge in [0.2, 0.25) is 0 Å². The Morgan fingerprint density at radius 2 is 1.88 bits per heavy atom. The smallest absolute Gasteiger partial charge is 0.193 e. The fourth-order valence-electron chi connectivity index (χ4n) is 3.09. The molecule has 1 aromatic heterocycles. The number of benzene rings is 2. The lowest BCUT2D eigenvalue weighted by Crippen LogP contribution is -2.23. The van der Waals surface area contributed by atoms with E-state index < -0.39 is 0 Å². The Hall–Kier alpha value is -2.27. The third-order valence-electron chi connectivity index (χ3n) is 4.45. The summed E-state index contributed by atoms with van der Waals surface area (Å²) in [6.45, 7) is 5.93. The van der Waals surface area contributed by atoms with Gasteiger partial charge in [0, 0.05) is 31.3 Å². The number of hydrogen-bond acceptors (Lipinski definition) is 5. The van der Waals surface area contributed by atoms with E-state index in [2.05, 4.69) is 38.9 Å². The van der Waals surface area contributed by atoms with Crippen molar-refractivity contribution in [1.29, 1.82) is 0 Å². The summed E-state index contributed by atoms with van der Waals surface area (Å²) in [5, 5.41) is 12.7. The van der Waals surface area contributed by atoms with E-state index in [4.69, 9.17) is 10.5 Å². The van der Waals surface area contributed by atoms with Gasteiger partial charge in [-0.25, -0.2) is 0 Å². The van der Waals surface area contributed by atoms with E-state index in [1.165, 1.54) is 0 Å². The summed E-state index contributed by atoms with van der Waals surface area (Å²) in [6.07, 6.45) is 3.70. The molecule has 3 rings (SSSR count). The van der Waals surface area contributed by atoms with Crippen LogP contribution in [0.25, 0.3) is 0 Å². The molecule has 9 heteroatoms. The van der Waals surface area contributed by atoms with Crippen LogP contribution in [0.5, 0.6) is 11.5 Å². The summed E-state index contributed by atoms with van der Waals surface area (Å²) in [6, 6.07) is 17.3. The molecular formula is C23H31IN6OS. The van der Waals surface area contributed by atoms with Crippen molar-refractivity contribution in [3.63, 3.8) is 0 Å². The van der Waals surface area contributed by atoms with Crippen molar-refractivity contribution in [3.05, 3.63) is 60.4 Å². The summed E-state index contributed by atoms with van der Waals surface area (Å²) in [4.78, 5) is 4.45. The second-order valence-electron chi connectivity index (χ2n) is 7.55. The van der Waals surface area contributed by atoms with Crippen molar-refractivity contribution in [3.8, 4) is 11.5 Å². The van der Waals surface area contributed by atoms with Crippen LogP contribution in [0.15, 0.2) is 64.7 Å². The molecule has 0 fully saturated rings. The molecule has 0 saturated carbocycles. The van der Waals surface area contributed by atoms with E-state index in [1.54, 1.807) is 11.8 Å². The number of guanidine groups is 1. The van der Waals surface area contributed by atoms with Gasteiger partial charge in [-0.05, 0) is 42.9 Å². The number of ether oxygens (including phenoxy) is 1. The number of nitrogens with zero attached hydrogens (tertiary/aromatic N) is 4. The van der Waals surface area contributed by atoms with Gasteiger partial charge >= 0.3 is 0 Å². The molecule has 0 atom stereocenters. The monoisotopic (exact) mass is 566 g/mol. The van der Waals surface area contributed by atoms with Gasteiger partial charge < -0.3 is 20.4 Å². The topological polar surface area (TPSA) is 90.3 Å². The van der Waals surface area contributed by atoms with Gasteiger partial charge in [0.25, 0.3) is 0 Å². The van der Waals surface area contributed by atoms with Gasteiger partial charge in [0.05, 0.1) is 0 Å². The number of aliphatic imine (C=N–C) groups is 1. The van der Waals surface area contributed by atoms with Gasteiger partial charge in [-0.2, -0.15) is 0 Å². The van der Waals surface area contributed by atoms with Gasteiger partial charge in [0.1, 0.15) is 17.3 Å². The predicted octanol–water partition coefficient (Wildman–Crippen LogP) is 5.43. The van der Waals surface area contributed by atoms with E-state index in [0.29, 0.717) is 18.4 Å². The molecule has 0 aliphatic heterocycles.